The van der Waals surface area contributed by atoms with Crippen molar-refractivity contribution in [3.63, 3.8) is 0 Å². The van der Waals surface area contributed by atoms with Crippen LogP contribution in [0, 0.1) is 6.92 Å². The lowest BCUT2D eigenvalue weighted by atomic mass is 10.1. The number of amides is 2. The fourth-order valence-corrected chi connectivity index (χ4v) is 5.09. The zero-order valence-electron chi connectivity index (χ0n) is 20.7. The smallest absolute Gasteiger partial charge is 0.261 e. The van der Waals surface area contributed by atoms with Gasteiger partial charge in [0.25, 0.3) is 21.8 Å². The molecule has 0 fully saturated rings. The molecule has 7 nitrogen and oxygen atoms in total. The summed E-state index contributed by atoms with van der Waals surface area (Å²) in [6.07, 6.45) is 0. The number of halogens is 1. The lowest BCUT2D eigenvalue weighted by Gasteiger charge is -2.17. The molecule has 4 aromatic carbocycles. The van der Waals surface area contributed by atoms with Crippen molar-refractivity contribution in [2.24, 2.45) is 0 Å². The Balaban J connectivity index is 1.48. The fourth-order valence-electron chi connectivity index (χ4n) is 3.77. The summed E-state index contributed by atoms with van der Waals surface area (Å²) in [5.41, 5.74) is 2.83. The van der Waals surface area contributed by atoms with E-state index in [4.69, 9.17) is 11.6 Å². The summed E-state index contributed by atoms with van der Waals surface area (Å²) in [6.45, 7) is 3.74. The number of sulfonamides is 1. The van der Waals surface area contributed by atoms with Crippen LogP contribution in [0.2, 0.25) is 5.02 Å². The lowest BCUT2D eigenvalue weighted by Crippen LogP contribution is -2.28. The topological polar surface area (TPSA) is 104 Å². The minimum absolute atomic E-state index is 0.0474. The van der Waals surface area contributed by atoms with Gasteiger partial charge >= 0.3 is 0 Å². The van der Waals surface area contributed by atoms with E-state index in [9.17, 15) is 18.0 Å². The molecule has 0 radical (unpaired) electrons. The Morgan fingerprint density at radius 2 is 1.45 bits per heavy atom. The number of nitrogens with one attached hydrogen (secondary N) is 3. The summed E-state index contributed by atoms with van der Waals surface area (Å²) >= 11 is 6.35. The normalized spacial score (nSPS) is 11.9. The van der Waals surface area contributed by atoms with E-state index in [2.05, 4.69) is 15.4 Å². The summed E-state index contributed by atoms with van der Waals surface area (Å²) in [7, 11) is -3.83. The molecule has 2 amide bonds. The zero-order valence-corrected chi connectivity index (χ0v) is 22.3. The molecule has 1 atom stereocenters. The van der Waals surface area contributed by atoms with Gasteiger partial charge in [0.05, 0.1) is 38.5 Å². The van der Waals surface area contributed by atoms with Gasteiger partial charge in [-0.05, 0) is 61.9 Å². The van der Waals surface area contributed by atoms with Crippen LogP contribution in [0.3, 0.4) is 0 Å². The first-order valence-corrected chi connectivity index (χ1v) is 13.7. The molecule has 4 rings (SSSR count). The van der Waals surface area contributed by atoms with Gasteiger partial charge < -0.3 is 10.6 Å². The van der Waals surface area contributed by atoms with E-state index < -0.39 is 15.9 Å². The van der Waals surface area contributed by atoms with E-state index in [1.54, 1.807) is 36.4 Å². The van der Waals surface area contributed by atoms with E-state index >= 15 is 0 Å². The molecule has 0 aliphatic rings. The van der Waals surface area contributed by atoms with Gasteiger partial charge in [-0.25, -0.2) is 8.42 Å². The predicted molar refractivity (Wildman–Crippen MR) is 150 cm³/mol. The molecule has 0 aliphatic carbocycles. The molecule has 3 N–H and O–H groups in total. The zero-order chi connectivity index (χ0) is 27.3. The quantitative estimate of drug-likeness (QED) is 0.244. The number of para-hydroxylation sites is 1. The van der Waals surface area contributed by atoms with Crippen molar-refractivity contribution in [1.29, 1.82) is 0 Å². The maximum atomic E-state index is 13.0. The van der Waals surface area contributed by atoms with E-state index in [0.717, 1.165) is 11.1 Å². The Hall–Kier alpha value is -4.14. The van der Waals surface area contributed by atoms with Crippen molar-refractivity contribution in [2.75, 3.05) is 10.0 Å². The van der Waals surface area contributed by atoms with Gasteiger partial charge in [-0.1, -0.05) is 71.8 Å². The highest BCUT2D eigenvalue weighted by Gasteiger charge is 2.19. The number of carbonyl (C=O) groups excluding carboxylic acids is 2. The van der Waals surface area contributed by atoms with Gasteiger partial charge in [0.2, 0.25) is 0 Å². The highest BCUT2D eigenvalue weighted by Crippen LogP contribution is 2.25. The van der Waals surface area contributed by atoms with Crippen LogP contribution in [0.4, 0.5) is 11.4 Å². The number of hydrogen-bond acceptors (Lipinski definition) is 4. The average Bonchev–Trinajstić information content (AvgIpc) is 2.89. The third kappa shape index (κ3) is 6.40. The number of hydrogen-bond donors (Lipinski definition) is 3. The SMILES string of the molecule is Cc1ccc(S(=O)(=O)Nc2ccc(C(=O)Nc3ccccc3C(=O)N[C@H](C)c3ccccc3)c(Cl)c2)cc1. The van der Waals surface area contributed by atoms with Crippen molar-refractivity contribution in [2.45, 2.75) is 24.8 Å². The third-order valence-corrected chi connectivity index (χ3v) is 7.57. The van der Waals surface area contributed by atoms with Gasteiger partial charge in [-0.15, -0.1) is 0 Å². The molecule has 194 valence electrons. The monoisotopic (exact) mass is 547 g/mol. The Morgan fingerprint density at radius 1 is 0.789 bits per heavy atom. The van der Waals surface area contributed by atoms with Gasteiger partial charge in [0, 0.05) is 0 Å². The second kappa shape index (κ2) is 11.5. The van der Waals surface area contributed by atoms with Gasteiger partial charge in [0.15, 0.2) is 0 Å². The first kappa shape index (κ1) is 26.9. The van der Waals surface area contributed by atoms with Crippen molar-refractivity contribution in [3.8, 4) is 0 Å². The fraction of sp³-hybridized carbons (Fsp3) is 0.103. The van der Waals surface area contributed by atoms with E-state index in [-0.39, 0.29) is 33.1 Å². The second-order valence-corrected chi connectivity index (χ2v) is 10.8. The highest BCUT2D eigenvalue weighted by atomic mass is 35.5. The number of rotatable bonds is 8. The molecule has 0 saturated carbocycles. The van der Waals surface area contributed by atoms with E-state index in [1.807, 2.05) is 44.2 Å². The van der Waals surface area contributed by atoms with Crippen LogP contribution in [-0.2, 0) is 10.0 Å². The molecular formula is C29H26ClN3O4S. The van der Waals surface area contributed by atoms with Gasteiger partial charge in [-0.3, -0.25) is 14.3 Å². The molecule has 0 spiro atoms. The van der Waals surface area contributed by atoms with Crippen molar-refractivity contribution < 1.29 is 18.0 Å². The number of aryl methyl sites for hydroxylation is 1. The minimum atomic E-state index is -3.83. The molecule has 38 heavy (non-hydrogen) atoms. The first-order valence-electron chi connectivity index (χ1n) is 11.8. The van der Waals surface area contributed by atoms with Crippen LogP contribution < -0.4 is 15.4 Å². The average molecular weight is 548 g/mol. The Labute approximate surface area is 226 Å². The lowest BCUT2D eigenvalue weighted by molar-refractivity contribution is 0.0940. The summed E-state index contributed by atoms with van der Waals surface area (Å²) < 4.78 is 27.8. The molecule has 0 heterocycles. The standard InChI is InChI=1S/C29H26ClN3O4S/c1-19-12-15-23(16-13-19)38(36,37)33-22-14-17-24(26(30)18-22)28(34)32-27-11-7-6-10-25(27)29(35)31-20(2)21-8-4-3-5-9-21/h3-18,20,33H,1-2H3,(H,31,35)(H,32,34)/t20-/m1/s1. The molecule has 0 aliphatic heterocycles. The van der Waals surface area contributed by atoms with Crippen molar-refractivity contribution >= 4 is 44.8 Å². The molecular weight excluding hydrogens is 522 g/mol. The maximum Gasteiger partial charge on any atom is 0.261 e. The van der Waals surface area contributed by atoms with Crippen molar-refractivity contribution in [3.05, 3.63) is 124 Å². The Kier molecular flexibility index (Phi) is 8.14. The summed E-state index contributed by atoms with van der Waals surface area (Å²) in [6, 6.07) is 26.6. The van der Waals surface area contributed by atoms with Gasteiger partial charge in [-0.2, -0.15) is 0 Å². The number of carbonyl (C=O) groups is 2. The molecule has 0 saturated heterocycles. The Bertz CT molecular complexity index is 1570. The van der Waals surface area contributed by atoms with E-state index in [1.165, 1.54) is 30.3 Å². The maximum absolute atomic E-state index is 13.0. The molecule has 0 unspecified atom stereocenters. The first-order chi connectivity index (χ1) is 18.1. The summed E-state index contributed by atoms with van der Waals surface area (Å²) in [5, 5.41) is 5.73. The van der Waals surface area contributed by atoms with Crippen LogP contribution >= 0.6 is 11.6 Å². The van der Waals surface area contributed by atoms with Crippen molar-refractivity contribution in [1.82, 2.24) is 5.32 Å². The molecule has 4 aromatic rings. The van der Waals surface area contributed by atoms with Crippen LogP contribution in [-0.4, -0.2) is 20.2 Å². The second-order valence-electron chi connectivity index (χ2n) is 8.72. The third-order valence-electron chi connectivity index (χ3n) is 5.86. The van der Waals surface area contributed by atoms with Crippen LogP contribution in [0.1, 0.15) is 44.8 Å². The summed E-state index contributed by atoms with van der Waals surface area (Å²) in [4.78, 5) is 26.1. The predicted octanol–water partition coefficient (Wildman–Crippen LogP) is 6.19. The number of benzene rings is 4. The van der Waals surface area contributed by atoms with Gasteiger partial charge in [0.1, 0.15) is 0 Å². The Morgan fingerprint density at radius 3 is 2.13 bits per heavy atom. The van der Waals surface area contributed by atoms with Crippen LogP contribution in [0.25, 0.3) is 0 Å². The summed E-state index contributed by atoms with van der Waals surface area (Å²) in [5.74, 6) is -0.886. The van der Waals surface area contributed by atoms with Crippen LogP contribution in [0.15, 0.2) is 102 Å². The largest absolute Gasteiger partial charge is 0.345 e. The molecule has 0 bridgehead atoms. The number of anilines is 2. The van der Waals surface area contributed by atoms with E-state index in [0.29, 0.717) is 11.3 Å². The molecule has 9 heteroatoms. The van der Waals surface area contributed by atoms with Crippen LogP contribution in [0.5, 0.6) is 0 Å². The molecule has 0 aromatic heterocycles. The minimum Gasteiger partial charge on any atom is -0.345 e. The highest BCUT2D eigenvalue weighted by molar-refractivity contribution is 7.92.